The van der Waals surface area contributed by atoms with Gasteiger partial charge in [-0.3, -0.25) is 9.78 Å². The Morgan fingerprint density at radius 1 is 1.12 bits per heavy atom. The number of piperidine rings is 1. The van der Waals surface area contributed by atoms with Crippen molar-refractivity contribution in [2.24, 2.45) is 0 Å². The van der Waals surface area contributed by atoms with Crippen molar-refractivity contribution in [3.05, 3.63) is 52.9 Å². The SMILES string of the molecule is Cc1nc(-c2ccc(-c3cnn4c(N)c(S(C)(=O)=O)c([C@@H]5C[C@H]6CC[C@@H](C5)N6C(=O)c5nnc[nH]5)nc34)cn2)sc1C. The van der Waals surface area contributed by atoms with Gasteiger partial charge < -0.3 is 15.6 Å². The molecule has 2 aliphatic rings. The van der Waals surface area contributed by atoms with E-state index in [2.05, 4.69) is 30.2 Å². The number of hydrogen-bond donors (Lipinski definition) is 2. The number of nitrogens with two attached hydrogens (primary N) is 1. The third kappa shape index (κ3) is 4.26. The second-order valence-corrected chi connectivity index (χ2v) is 14.1. The number of nitrogens with zero attached hydrogens (tertiary/aromatic N) is 8. The fraction of sp³-hybridized carbons (Fsp3) is 0.370. The average molecular weight is 605 g/mol. The maximum atomic E-state index is 13.2. The first-order chi connectivity index (χ1) is 20.1. The van der Waals surface area contributed by atoms with Crippen LogP contribution in [-0.2, 0) is 9.84 Å². The van der Waals surface area contributed by atoms with E-state index >= 15 is 0 Å². The molecule has 42 heavy (non-hydrogen) atoms. The van der Waals surface area contributed by atoms with Gasteiger partial charge in [0.1, 0.15) is 22.0 Å². The molecule has 0 unspecified atom stereocenters. The van der Waals surface area contributed by atoms with Crippen molar-refractivity contribution in [3.8, 4) is 21.8 Å². The van der Waals surface area contributed by atoms with Crippen LogP contribution in [0, 0.1) is 13.8 Å². The maximum absolute atomic E-state index is 13.2. The molecule has 7 rings (SSSR count). The Bertz CT molecular complexity index is 1910. The van der Waals surface area contributed by atoms with E-state index in [0.29, 0.717) is 29.7 Å². The van der Waals surface area contributed by atoms with Crippen LogP contribution in [-0.4, -0.2) is 77.3 Å². The van der Waals surface area contributed by atoms with E-state index in [9.17, 15) is 13.2 Å². The lowest BCUT2D eigenvalue weighted by atomic mass is 9.87. The van der Waals surface area contributed by atoms with E-state index in [0.717, 1.165) is 45.9 Å². The van der Waals surface area contributed by atoms with Gasteiger partial charge in [-0.15, -0.1) is 21.5 Å². The summed E-state index contributed by atoms with van der Waals surface area (Å²) in [5.74, 6) is -0.177. The molecule has 0 radical (unpaired) electrons. The molecule has 2 aliphatic heterocycles. The Balaban J connectivity index is 1.28. The topological polar surface area (TPSA) is 178 Å². The summed E-state index contributed by atoms with van der Waals surface area (Å²) in [6.45, 7) is 4.01. The highest BCUT2D eigenvalue weighted by molar-refractivity contribution is 7.91. The zero-order valence-corrected chi connectivity index (χ0v) is 24.8. The van der Waals surface area contributed by atoms with Gasteiger partial charge in [-0.1, -0.05) is 6.07 Å². The van der Waals surface area contributed by atoms with Gasteiger partial charge in [-0.2, -0.15) is 9.61 Å². The van der Waals surface area contributed by atoms with Crippen molar-refractivity contribution < 1.29 is 13.2 Å². The van der Waals surface area contributed by atoms with Crippen LogP contribution < -0.4 is 5.73 Å². The summed E-state index contributed by atoms with van der Waals surface area (Å²) >= 11 is 1.59. The molecule has 216 valence electrons. The van der Waals surface area contributed by atoms with Gasteiger partial charge >= 0.3 is 0 Å². The molecule has 0 saturated carbocycles. The van der Waals surface area contributed by atoms with E-state index < -0.39 is 9.84 Å². The van der Waals surface area contributed by atoms with Gasteiger partial charge in [0, 0.05) is 46.5 Å². The van der Waals surface area contributed by atoms with Crippen LogP contribution in [0.4, 0.5) is 5.82 Å². The van der Waals surface area contributed by atoms with Crippen molar-refractivity contribution in [1.82, 2.24) is 44.6 Å². The number of nitrogen functional groups attached to an aromatic ring is 1. The minimum absolute atomic E-state index is 0.00737. The standard InChI is InChI=1S/C27H28N10O3S2/c1-13-14(2)41-26(33-13)20-7-4-15(10-29-20)19-11-32-37-23(28)22(42(3,39)40)21(34-25(19)37)16-8-17-5-6-18(9-16)36(17)27(38)24-30-12-31-35-24/h4,7,10-12,16-18H,5-6,8-9,28H2,1-3H3,(H,30,31,35)/t16-,17-,18+. The molecule has 0 aliphatic carbocycles. The lowest BCUT2D eigenvalue weighted by Crippen LogP contribution is -2.46. The Hall–Kier alpha value is -4.24. The largest absolute Gasteiger partial charge is 0.382 e. The fourth-order valence-corrected chi connectivity index (χ4v) is 8.25. The first kappa shape index (κ1) is 26.6. The molecule has 3 atom stereocenters. The lowest BCUT2D eigenvalue weighted by Gasteiger charge is -2.38. The maximum Gasteiger partial charge on any atom is 0.292 e. The van der Waals surface area contributed by atoms with Crippen molar-refractivity contribution in [2.45, 2.75) is 62.4 Å². The van der Waals surface area contributed by atoms with Crippen molar-refractivity contribution >= 4 is 38.5 Å². The van der Waals surface area contributed by atoms with Gasteiger partial charge in [0.05, 0.1) is 23.3 Å². The Morgan fingerprint density at radius 2 is 1.88 bits per heavy atom. The molecule has 13 nitrogen and oxygen atoms in total. The Kier molecular flexibility index (Phi) is 6.13. The summed E-state index contributed by atoms with van der Waals surface area (Å²) in [5.41, 5.74) is 10.6. The Morgan fingerprint density at radius 3 is 2.48 bits per heavy atom. The summed E-state index contributed by atoms with van der Waals surface area (Å²) in [7, 11) is -3.75. The molecule has 15 heteroatoms. The quantitative estimate of drug-likeness (QED) is 0.303. The smallest absolute Gasteiger partial charge is 0.292 e. The fourth-order valence-electron chi connectivity index (χ4n) is 6.30. The second kappa shape index (κ2) is 9.66. The van der Waals surface area contributed by atoms with E-state index in [1.54, 1.807) is 23.7 Å². The van der Waals surface area contributed by atoms with Gasteiger partial charge in [-0.25, -0.2) is 18.4 Å². The zero-order chi connectivity index (χ0) is 29.3. The van der Waals surface area contributed by atoms with Gasteiger partial charge in [0.2, 0.25) is 5.82 Å². The van der Waals surface area contributed by atoms with Crippen LogP contribution in [0.2, 0.25) is 0 Å². The molecule has 5 aromatic heterocycles. The number of anilines is 1. The molecular weight excluding hydrogens is 576 g/mol. The van der Waals surface area contributed by atoms with E-state index in [1.807, 2.05) is 30.9 Å². The van der Waals surface area contributed by atoms with Crippen LogP contribution in [0.25, 0.3) is 27.5 Å². The third-order valence-corrected chi connectivity index (χ3v) is 10.6. The number of hydrogen-bond acceptors (Lipinski definition) is 11. The van der Waals surface area contributed by atoms with Crippen molar-refractivity contribution in [2.75, 3.05) is 12.0 Å². The minimum Gasteiger partial charge on any atom is -0.382 e. The number of H-pyrrole nitrogens is 1. The number of carbonyl (C=O) groups is 1. The first-order valence-electron chi connectivity index (χ1n) is 13.6. The van der Waals surface area contributed by atoms with Gasteiger partial charge in [0.15, 0.2) is 15.5 Å². The van der Waals surface area contributed by atoms with Crippen LogP contribution in [0.5, 0.6) is 0 Å². The minimum atomic E-state index is -3.75. The van der Waals surface area contributed by atoms with Gasteiger partial charge in [-0.05, 0) is 45.6 Å². The summed E-state index contributed by atoms with van der Waals surface area (Å²) in [6.07, 6.45) is 8.67. The molecular formula is C27H28N10O3S2. The monoisotopic (exact) mass is 604 g/mol. The number of aromatic nitrogens is 8. The molecule has 7 heterocycles. The highest BCUT2D eigenvalue weighted by Gasteiger charge is 2.46. The van der Waals surface area contributed by atoms with Crippen molar-refractivity contribution in [1.29, 1.82) is 0 Å². The number of thiazole rings is 1. The second-order valence-electron chi connectivity index (χ2n) is 11.0. The van der Waals surface area contributed by atoms with Crippen LogP contribution in [0.1, 0.15) is 58.5 Å². The predicted molar refractivity (Wildman–Crippen MR) is 156 cm³/mol. The number of rotatable bonds is 5. The molecule has 2 fully saturated rings. The number of carbonyl (C=O) groups excluding carboxylic acids is 1. The summed E-state index contributed by atoms with van der Waals surface area (Å²) in [5, 5.41) is 12.9. The normalized spacial score (nSPS) is 20.5. The molecule has 3 N–H and O–H groups in total. The number of nitrogens with one attached hydrogen (secondary N) is 1. The highest BCUT2D eigenvalue weighted by Crippen LogP contribution is 2.45. The number of fused-ring (bicyclic) bond motifs is 3. The lowest BCUT2D eigenvalue weighted by molar-refractivity contribution is 0.0556. The number of aromatic amines is 1. The molecule has 1 amide bonds. The molecule has 2 bridgehead atoms. The zero-order valence-electron chi connectivity index (χ0n) is 23.1. The summed E-state index contributed by atoms with van der Waals surface area (Å²) in [6, 6.07) is 3.70. The molecule has 5 aromatic rings. The molecule has 0 spiro atoms. The first-order valence-corrected chi connectivity index (χ1v) is 16.3. The van der Waals surface area contributed by atoms with E-state index in [1.165, 1.54) is 10.8 Å². The number of pyridine rings is 1. The van der Waals surface area contributed by atoms with Crippen LogP contribution >= 0.6 is 11.3 Å². The number of amides is 1. The predicted octanol–water partition coefficient (Wildman–Crippen LogP) is 3.19. The highest BCUT2D eigenvalue weighted by atomic mass is 32.2. The van der Waals surface area contributed by atoms with Crippen molar-refractivity contribution in [3.63, 3.8) is 0 Å². The van der Waals surface area contributed by atoms with Crippen LogP contribution in [0.3, 0.4) is 0 Å². The van der Waals surface area contributed by atoms with Crippen LogP contribution in [0.15, 0.2) is 35.7 Å². The summed E-state index contributed by atoms with van der Waals surface area (Å²) < 4.78 is 27.5. The third-order valence-electron chi connectivity index (χ3n) is 8.33. The Labute approximate surface area is 245 Å². The molecule has 2 saturated heterocycles. The van der Waals surface area contributed by atoms with Gasteiger partial charge in [0.25, 0.3) is 5.91 Å². The average Bonchev–Trinajstić information content (AvgIpc) is 3.75. The number of aryl methyl sites for hydroxylation is 2. The summed E-state index contributed by atoms with van der Waals surface area (Å²) in [4.78, 5) is 33.1. The molecule has 0 aromatic carbocycles. The number of sulfone groups is 1. The van der Waals surface area contributed by atoms with E-state index in [-0.39, 0.29) is 40.4 Å². The van der Waals surface area contributed by atoms with E-state index in [4.69, 9.17) is 10.7 Å².